The van der Waals surface area contributed by atoms with Crippen molar-refractivity contribution in [2.75, 3.05) is 31.2 Å². The Kier molecular flexibility index (Phi) is 8.33. The zero-order valence-electron chi connectivity index (χ0n) is 15.4. The van der Waals surface area contributed by atoms with Crippen LogP contribution in [0.3, 0.4) is 0 Å². The van der Waals surface area contributed by atoms with E-state index in [4.69, 9.17) is 9.47 Å². The highest BCUT2D eigenvalue weighted by atomic mass is 79.9. The van der Waals surface area contributed by atoms with Crippen LogP contribution in [0.4, 0.5) is 11.4 Å². The lowest BCUT2D eigenvalue weighted by Crippen LogP contribution is -2.30. The Morgan fingerprint density at radius 3 is 2.32 bits per heavy atom. The number of ether oxygens (including phenoxy) is 2. The van der Waals surface area contributed by atoms with Crippen LogP contribution in [0.1, 0.15) is 58.8 Å². The van der Waals surface area contributed by atoms with Crippen LogP contribution in [-0.2, 0) is 0 Å². The fraction of sp³-hybridized carbons (Fsp3) is 0.684. The first-order valence-corrected chi connectivity index (χ1v) is 10.2. The maximum Gasteiger partial charge on any atom is 0.454 e. The summed E-state index contributed by atoms with van der Waals surface area (Å²) in [5.74, 6) is 1.36. The van der Waals surface area contributed by atoms with Crippen LogP contribution in [0.5, 0.6) is 11.5 Å². The van der Waals surface area contributed by atoms with Gasteiger partial charge >= 0.3 is 5.69 Å². The maximum atomic E-state index is 9.75. The van der Waals surface area contributed by atoms with E-state index in [0.29, 0.717) is 24.7 Å². The van der Waals surface area contributed by atoms with Gasteiger partial charge in [0.1, 0.15) is 0 Å². The molecule has 0 bridgehead atoms. The van der Waals surface area contributed by atoms with Crippen LogP contribution >= 0.6 is 15.9 Å². The van der Waals surface area contributed by atoms with Gasteiger partial charge in [-0.05, 0) is 48.0 Å². The number of rotatable bonds is 9. The van der Waals surface area contributed by atoms with Crippen LogP contribution in [0.25, 0.3) is 4.98 Å². The molecule has 0 N–H and O–H groups in total. The average Bonchev–Trinajstić information content (AvgIpc) is 2.64. The van der Waals surface area contributed by atoms with Gasteiger partial charge in [0.15, 0.2) is 16.4 Å². The molecular formula is C19H29BrN3O2+. The lowest BCUT2D eigenvalue weighted by molar-refractivity contribution is 0.301. The molecule has 0 spiro atoms. The van der Waals surface area contributed by atoms with Gasteiger partial charge in [-0.15, -0.1) is 0 Å². The monoisotopic (exact) mass is 410 g/mol. The summed E-state index contributed by atoms with van der Waals surface area (Å²) in [6.07, 6.45) is 7.62. The average molecular weight is 411 g/mol. The molecule has 0 unspecified atom stereocenters. The normalized spacial score (nSPS) is 14.2. The molecule has 138 valence electrons. The number of anilines is 1. The SMILES string of the molecule is CCCCOc1cc(Br)c(OCCCC)c([N+]#N)c1N1CCCCC1. The first-order valence-electron chi connectivity index (χ1n) is 9.45. The van der Waals surface area contributed by atoms with Gasteiger partial charge < -0.3 is 14.4 Å². The van der Waals surface area contributed by atoms with E-state index >= 15 is 0 Å². The molecule has 0 atom stereocenters. The van der Waals surface area contributed by atoms with E-state index in [0.717, 1.165) is 67.5 Å². The third-order valence-electron chi connectivity index (χ3n) is 4.42. The number of hydrogen-bond donors (Lipinski definition) is 0. The van der Waals surface area contributed by atoms with E-state index in [1.807, 2.05) is 6.07 Å². The highest BCUT2D eigenvalue weighted by Gasteiger charge is 2.33. The molecular weight excluding hydrogens is 382 g/mol. The van der Waals surface area contributed by atoms with E-state index in [-0.39, 0.29) is 0 Å². The summed E-state index contributed by atoms with van der Waals surface area (Å²) in [6, 6.07) is 1.95. The van der Waals surface area contributed by atoms with Crippen LogP contribution in [0, 0.1) is 5.39 Å². The molecule has 1 aliphatic heterocycles. The maximum absolute atomic E-state index is 9.75. The van der Waals surface area contributed by atoms with E-state index in [1.165, 1.54) is 6.42 Å². The van der Waals surface area contributed by atoms with Crippen molar-refractivity contribution in [3.63, 3.8) is 0 Å². The van der Waals surface area contributed by atoms with Crippen molar-refractivity contribution in [2.45, 2.75) is 58.8 Å². The van der Waals surface area contributed by atoms with Gasteiger partial charge in [0.2, 0.25) is 11.1 Å². The fourth-order valence-corrected chi connectivity index (χ4v) is 3.50. The Hall–Kier alpha value is -1.48. The zero-order valence-corrected chi connectivity index (χ0v) is 17.0. The van der Waals surface area contributed by atoms with Crippen LogP contribution in [-0.4, -0.2) is 26.3 Å². The number of benzene rings is 1. The number of halogens is 1. The number of hydrogen-bond acceptors (Lipinski definition) is 4. The molecule has 1 heterocycles. The largest absolute Gasteiger partial charge is 0.491 e. The van der Waals surface area contributed by atoms with E-state index < -0.39 is 0 Å². The topological polar surface area (TPSA) is 49.9 Å². The highest BCUT2D eigenvalue weighted by Crippen LogP contribution is 2.50. The zero-order chi connectivity index (χ0) is 18.1. The smallest absolute Gasteiger partial charge is 0.454 e. The second-order valence-electron chi connectivity index (χ2n) is 6.43. The minimum absolute atomic E-state index is 0.471. The van der Waals surface area contributed by atoms with E-state index in [2.05, 4.69) is 39.7 Å². The van der Waals surface area contributed by atoms with Gasteiger partial charge in [-0.2, -0.15) is 0 Å². The number of piperidine rings is 1. The molecule has 0 radical (unpaired) electrons. The second-order valence-corrected chi connectivity index (χ2v) is 7.29. The van der Waals surface area contributed by atoms with Gasteiger partial charge in [-0.1, -0.05) is 26.7 Å². The van der Waals surface area contributed by atoms with Gasteiger partial charge in [-0.3, -0.25) is 0 Å². The summed E-state index contributed by atoms with van der Waals surface area (Å²) >= 11 is 3.56. The first kappa shape index (κ1) is 19.8. The fourth-order valence-electron chi connectivity index (χ4n) is 2.99. The van der Waals surface area contributed by atoms with Gasteiger partial charge in [0.05, 0.1) is 17.7 Å². The van der Waals surface area contributed by atoms with E-state index in [9.17, 15) is 5.39 Å². The Labute approximate surface area is 159 Å². The van der Waals surface area contributed by atoms with Crippen LogP contribution < -0.4 is 14.4 Å². The summed E-state index contributed by atoms with van der Waals surface area (Å²) in [5, 5.41) is 9.75. The highest BCUT2D eigenvalue weighted by molar-refractivity contribution is 9.10. The molecule has 1 saturated heterocycles. The molecule has 5 nitrogen and oxygen atoms in total. The van der Waals surface area contributed by atoms with Gasteiger partial charge in [0.25, 0.3) is 0 Å². The predicted molar refractivity (Wildman–Crippen MR) is 106 cm³/mol. The third-order valence-corrected chi connectivity index (χ3v) is 5.01. The van der Waals surface area contributed by atoms with Gasteiger partial charge in [0, 0.05) is 19.2 Å². The lowest BCUT2D eigenvalue weighted by Gasteiger charge is -2.29. The van der Waals surface area contributed by atoms with Gasteiger partial charge in [-0.25, -0.2) is 0 Å². The molecule has 0 saturated carbocycles. The molecule has 0 amide bonds. The van der Waals surface area contributed by atoms with Crippen molar-refractivity contribution in [1.29, 1.82) is 5.39 Å². The van der Waals surface area contributed by atoms with Crippen molar-refractivity contribution < 1.29 is 9.47 Å². The first-order chi connectivity index (χ1) is 12.2. The molecule has 0 aliphatic carbocycles. The minimum Gasteiger partial charge on any atom is -0.491 e. The number of diazo groups is 1. The number of unbranched alkanes of at least 4 members (excludes halogenated alkanes) is 2. The van der Waals surface area contributed by atoms with E-state index in [1.54, 1.807) is 0 Å². The summed E-state index contributed by atoms with van der Waals surface area (Å²) in [5.41, 5.74) is 1.33. The van der Waals surface area contributed by atoms with Crippen LogP contribution in [0.2, 0.25) is 0 Å². The molecule has 6 heteroatoms. The molecule has 2 rings (SSSR count). The quantitative estimate of drug-likeness (QED) is 0.354. The third kappa shape index (κ3) is 5.24. The van der Waals surface area contributed by atoms with Crippen molar-refractivity contribution in [1.82, 2.24) is 0 Å². The summed E-state index contributed by atoms with van der Waals surface area (Å²) in [6.45, 7) is 7.42. The molecule has 25 heavy (non-hydrogen) atoms. The Balaban J connectivity index is 2.40. The summed E-state index contributed by atoms with van der Waals surface area (Å²) in [7, 11) is 0. The molecule has 1 fully saturated rings. The van der Waals surface area contributed by atoms with Crippen molar-refractivity contribution in [3.8, 4) is 11.5 Å². The van der Waals surface area contributed by atoms with Crippen molar-refractivity contribution >= 4 is 27.3 Å². The Morgan fingerprint density at radius 2 is 1.72 bits per heavy atom. The lowest BCUT2D eigenvalue weighted by atomic mass is 10.1. The summed E-state index contributed by atoms with van der Waals surface area (Å²) < 4.78 is 12.7. The minimum atomic E-state index is 0.471. The Morgan fingerprint density at radius 1 is 1.08 bits per heavy atom. The van der Waals surface area contributed by atoms with Crippen LogP contribution in [0.15, 0.2) is 10.5 Å². The molecule has 1 aromatic carbocycles. The number of nitrogens with zero attached hydrogens (tertiary/aromatic N) is 3. The van der Waals surface area contributed by atoms with Crippen molar-refractivity contribution in [2.24, 2.45) is 0 Å². The molecule has 0 aromatic heterocycles. The standard InChI is InChI=1S/C19H29BrN3O2/c1-3-5-12-24-16-14-15(20)19(25-13-6-4-2)17(22-21)18(16)23-10-8-7-9-11-23/h14H,3-13H2,1-2H3/q+1. The Bertz CT molecular complexity index is 595. The summed E-state index contributed by atoms with van der Waals surface area (Å²) in [4.78, 5) is 5.86. The predicted octanol–water partition coefficient (Wildman–Crippen LogP) is 6.28. The second kappa shape index (κ2) is 10.5. The molecule has 1 aromatic rings. The molecule has 1 aliphatic rings. The van der Waals surface area contributed by atoms with Crippen molar-refractivity contribution in [3.05, 3.63) is 15.5 Å².